The van der Waals surface area contributed by atoms with Crippen molar-refractivity contribution in [3.63, 3.8) is 0 Å². The normalized spacial score (nSPS) is 17.5. The van der Waals surface area contributed by atoms with E-state index in [1.165, 1.54) is 25.7 Å². The summed E-state index contributed by atoms with van der Waals surface area (Å²) in [5.41, 5.74) is 1.81. The Labute approximate surface area is 190 Å². The third-order valence-corrected chi connectivity index (χ3v) is 6.38. The summed E-state index contributed by atoms with van der Waals surface area (Å²) in [7, 11) is 0. The van der Waals surface area contributed by atoms with Crippen LogP contribution in [0.5, 0.6) is 0 Å². The molecule has 0 saturated carbocycles. The van der Waals surface area contributed by atoms with Gasteiger partial charge in [0, 0.05) is 50.5 Å². The monoisotopic (exact) mass is 435 g/mol. The van der Waals surface area contributed by atoms with Crippen molar-refractivity contribution in [2.45, 2.75) is 45.1 Å². The minimum atomic E-state index is -0.0801. The summed E-state index contributed by atoms with van der Waals surface area (Å²) in [6, 6.07) is 13.5. The van der Waals surface area contributed by atoms with Gasteiger partial charge in [-0.2, -0.15) is 0 Å². The number of anilines is 2. The zero-order chi connectivity index (χ0) is 22.2. The van der Waals surface area contributed by atoms with Gasteiger partial charge in [-0.05, 0) is 49.4 Å². The van der Waals surface area contributed by atoms with Gasteiger partial charge in [-0.1, -0.05) is 37.1 Å². The summed E-state index contributed by atoms with van der Waals surface area (Å²) in [4.78, 5) is 33.8. The summed E-state index contributed by atoms with van der Waals surface area (Å²) in [5.74, 6) is 1.000. The van der Waals surface area contributed by atoms with Crippen LogP contribution in [0.15, 0.2) is 48.7 Å². The summed E-state index contributed by atoms with van der Waals surface area (Å²) in [6.07, 6.45) is 8.27. The highest BCUT2D eigenvalue weighted by Crippen LogP contribution is 2.20. The van der Waals surface area contributed by atoms with Crippen LogP contribution in [0.2, 0.25) is 0 Å². The van der Waals surface area contributed by atoms with Gasteiger partial charge in [-0.3, -0.25) is 4.79 Å². The van der Waals surface area contributed by atoms with Crippen molar-refractivity contribution in [1.82, 2.24) is 15.2 Å². The van der Waals surface area contributed by atoms with E-state index >= 15 is 0 Å². The quantitative estimate of drug-likeness (QED) is 0.744. The van der Waals surface area contributed by atoms with Crippen molar-refractivity contribution in [1.29, 1.82) is 0 Å². The van der Waals surface area contributed by atoms with Crippen LogP contribution in [-0.4, -0.2) is 48.0 Å². The molecule has 7 nitrogen and oxygen atoms in total. The number of urea groups is 1. The molecule has 3 heterocycles. The molecule has 2 N–H and O–H groups in total. The Hall–Kier alpha value is -3.09. The largest absolute Gasteiger partial charge is 0.357 e. The molecule has 0 spiro atoms. The number of carbonyl (C=O) groups is 2. The van der Waals surface area contributed by atoms with Crippen molar-refractivity contribution >= 4 is 23.4 Å². The van der Waals surface area contributed by atoms with Crippen LogP contribution < -0.4 is 15.5 Å². The van der Waals surface area contributed by atoms with Gasteiger partial charge in [0.2, 0.25) is 5.91 Å². The third kappa shape index (κ3) is 5.99. The number of pyridine rings is 1. The Morgan fingerprint density at radius 2 is 1.62 bits per heavy atom. The SMILES string of the molecule is O=C(Nc1ccccc1)C1CCN(C(=O)NCc2ccc(N3CCCCCC3)nc2)CC1. The number of aromatic nitrogens is 1. The Kier molecular flexibility index (Phi) is 7.59. The third-order valence-electron chi connectivity index (χ3n) is 6.38. The van der Waals surface area contributed by atoms with Crippen LogP contribution in [0.1, 0.15) is 44.1 Å². The van der Waals surface area contributed by atoms with Gasteiger partial charge in [0.25, 0.3) is 0 Å². The molecule has 0 atom stereocenters. The fourth-order valence-corrected chi connectivity index (χ4v) is 4.41. The van der Waals surface area contributed by atoms with Crippen molar-refractivity contribution in [2.24, 2.45) is 5.92 Å². The molecule has 1 aromatic heterocycles. The van der Waals surface area contributed by atoms with E-state index in [1.807, 2.05) is 42.6 Å². The maximum Gasteiger partial charge on any atom is 0.317 e. The lowest BCUT2D eigenvalue weighted by molar-refractivity contribution is -0.121. The number of piperidine rings is 1. The highest BCUT2D eigenvalue weighted by atomic mass is 16.2. The standard InChI is InChI=1S/C25H33N5O2/c31-24(28-22-8-4-3-5-9-22)21-12-16-30(17-13-21)25(32)27-19-20-10-11-23(26-18-20)29-14-6-1-2-7-15-29/h3-5,8-11,18,21H,1-2,6-7,12-17,19H2,(H,27,32)(H,28,31). The van der Waals surface area contributed by atoms with E-state index < -0.39 is 0 Å². The fraction of sp³-hybridized carbons (Fsp3) is 0.480. The van der Waals surface area contributed by atoms with Crippen molar-refractivity contribution in [2.75, 3.05) is 36.4 Å². The number of hydrogen-bond acceptors (Lipinski definition) is 4. The number of likely N-dealkylation sites (tertiary alicyclic amines) is 1. The van der Waals surface area contributed by atoms with E-state index in [0.717, 1.165) is 30.2 Å². The second-order valence-corrected chi connectivity index (χ2v) is 8.70. The Morgan fingerprint density at radius 1 is 0.906 bits per heavy atom. The van der Waals surface area contributed by atoms with Gasteiger partial charge < -0.3 is 20.4 Å². The van der Waals surface area contributed by atoms with Crippen molar-refractivity contribution in [3.8, 4) is 0 Å². The first-order valence-electron chi connectivity index (χ1n) is 11.8. The lowest BCUT2D eigenvalue weighted by Crippen LogP contribution is -2.45. The molecule has 3 amide bonds. The second-order valence-electron chi connectivity index (χ2n) is 8.70. The smallest absolute Gasteiger partial charge is 0.317 e. The molecule has 4 rings (SSSR count). The Morgan fingerprint density at radius 3 is 2.28 bits per heavy atom. The van der Waals surface area contributed by atoms with E-state index in [1.54, 1.807) is 4.90 Å². The Balaban J connectivity index is 1.20. The summed E-state index contributed by atoms with van der Waals surface area (Å²) < 4.78 is 0. The van der Waals surface area contributed by atoms with Crippen molar-refractivity contribution < 1.29 is 9.59 Å². The predicted octanol–water partition coefficient (Wildman–Crippen LogP) is 4.02. The predicted molar refractivity (Wildman–Crippen MR) is 127 cm³/mol. The topological polar surface area (TPSA) is 77.6 Å². The average molecular weight is 436 g/mol. The average Bonchev–Trinajstić information content (AvgIpc) is 3.13. The lowest BCUT2D eigenvalue weighted by atomic mass is 9.96. The van der Waals surface area contributed by atoms with Gasteiger partial charge in [0.15, 0.2) is 0 Å². The molecule has 2 aliphatic rings. The van der Waals surface area contributed by atoms with Crippen molar-refractivity contribution in [3.05, 3.63) is 54.2 Å². The maximum atomic E-state index is 12.6. The molecular weight excluding hydrogens is 402 g/mol. The molecule has 2 aliphatic heterocycles. The first kappa shape index (κ1) is 22.1. The molecule has 0 aliphatic carbocycles. The minimum Gasteiger partial charge on any atom is -0.357 e. The summed E-state index contributed by atoms with van der Waals surface area (Å²) >= 11 is 0. The molecule has 2 aromatic rings. The number of para-hydroxylation sites is 1. The first-order chi connectivity index (χ1) is 15.7. The molecular formula is C25H33N5O2. The van der Waals surface area contributed by atoms with Gasteiger partial charge in [-0.15, -0.1) is 0 Å². The summed E-state index contributed by atoms with van der Waals surface area (Å²) in [6.45, 7) is 3.78. The van der Waals surface area contributed by atoms with Crippen LogP contribution in [0.25, 0.3) is 0 Å². The number of benzene rings is 1. The van der Waals surface area contributed by atoms with E-state index in [0.29, 0.717) is 32.5 Å². The van der Waals surface area contributed by atoms with Gasteiger partial charge >= 0.3 is 6.03 Å². The van der Waals surface area contributed by atoms with E-state index in [-0.39, 0.29) is 17.9 Å². The maximum absolute atomic E-state index is 12.6. The number of amides is 3. The van der Waals surface area contributed by atoms with E-state index in [2.05, 4.69) is 26.6 Å². The number of nitrogens with one attached hydrogen (secondary N) is 2. The van der Waals surface area contributed by atoms with Gasteiger partial charge in [0.1, 0.15) is 5.82 Å². The number of hydrogen-bond donors (Lipinski definition) is 2. The zero-order valence-corrected chi connectivity index (χ0v) is 18.6. The minimum absolute atomic E-state index is 0.0341. The van der Waals surface area contributed by atoms with Crippen LogP contribution in [0.3, 0.4) is 0 Å². The molecule has 0 bridgehead atoms. The number of carbonyl (C=O) groups excluding carboxylic acids is 2. The van der Waals surface area contributed by atoms with Gasteiger partial charge in [0.05, 0.1) is 0 Å². The highest BCUT2D eigenvalue weighted by molar-refractivity contribution is 5.92. The molecule has 0 radical (unpaired) electrons. The summed E-state index contributed by atoms with van der Waals surface area (Å²) in [5, 5.41) is 5.96. The molecule has 170 valence electrons. The number of nitrogens with zero attached hydrogens (tertiary/aromatic N) is 3. The lowest BCUT2D eigenvalue weighted by Gasteiger charge is -2.31. The molecule has 0 unspecified atom stereocenters. The van der Waals surface area contributed by atoms with Crippen LogP contribution in [-0.2, 0) is 11.3 Å². The van der Waals surface area contributed by atoms with Crippen LogP contribution >= 0.6 is 0 Å². The highest BCUT2D eigenvalue weighted by Gasteiger charge is 2.27. The fourth-order valence-electron chi connectivity index (χ4n) is 4.41. The molecule has 1 aromatic carbocycles. The first-order valence-corrected chi connectivity index (χ1v) is 11.8. The van der Waals surface area contributed by atoms with Crippen LogP contribution in [0, 0.1) is 5.92 Å². The Bertz CT molecular complexity index is 871. The molecule has 7 heteroatoms. The number of rotatable bonds is 5. The van der Waals surface area contributed by atoms with E-state index in [9.17, 15) is 9.59 Å². The molecule has 2 saturated heterocycles. The zero-order valence-electron chi connectivity index (χ0n) is 18.6. The molecule has 2 fully saturated rings. The van der Waals surface area contributed by atoms with Gasteiger partial charge in [-0.25, -0.2) is 9.78 Å². The van der Waals surface area contributed by atoms with E-state index in [4.69, 9.17) is 0 Å². The second kappa shape index (κ2) is 11.0. The molecule has 32 heavy (non-hydrogen) atoms. The van der Waals surface area contributed by atoms with Crippen LogP contribution in [0.4, 0.5) is 16.3 Å².